The number of hydrogen-bond donors (Lipinski definition) is 2. The van der Waals surface area contributed by atoms with Crippen molar-refractivity contribution in [3.05, 3.63) is 48.8 Å². The largest absolute Gasteiger partial charge is 0.493 e. The Kier molecular flexibility index (Phi) is 3.19. The topological polar surface area (TPSA) is 62.6 Å². The summed E-state index contributed by atoms with van der Waals surface area (Å²) in [6.07, 6.45) is 2.90. The number of aromatic nitrogens is 1. The van der Waals surface area contributed by atoms with E-state index in [1.54, 1.807) is 18.2 Å². The molecule has 1 aromatic carbocycles. The molecule has 0 aliphatic carbocycles. The Labute approximate surface area is 93.3 Å². The molecule has 0 amide bonds. The van der Waals surface area contributed by atoms with Gasteiger partial charge in [-0.15, -0.1) is 0 Å². The second kappa shape index (κ2) is 4.78. The fourth-order valence-corrected chi connectivity index (χ4v) is 1.30. The van der Waals surface area contributed by atoms with E-state index in [0.717, 1.165) is 0 Å². The van der Waals surface area contributed by atoms with Gasteiger partial charge in [0.2, 0.25) is 0 Å². The van der Waals surface area contributed by atoms with Crippen LogP contribution in [0.25, 0.3) is 0 Å². The van der Waals surface area contributed by atoms with Gasteiger partial charge in [-0.25, -0.2) is 0 Å². The van der Waals surface area contributed by atoms with Crippen LogP contribution >= 0.6 is 0 Å². The molecule has 1 heterocycles. The normalized spacial score (nSPS) is 9.88. The molecule has 4 nitrogen and oxygen atoms in total. The van der Waals surface area contributed by atoms with Crippen LogP contribution in [0.2, 0.25) is 0 Å². The molecule has 0 aliphatic heterocycles. The van der Waals surface area contributed by atoms with Crippen molar-refractivity contribution in [3.63, 3.8) is 0 Å². The summed E-state index contributed by atoms with van der Waals surface area (Å²) in [6, 6.07) is 10.7. The SMILES string of the molecule is OB(O)c1cnccc1Oc1ccccc1. The van der Waals surface area contributed by atoms with Crippen LogP contribution in [0, 0.1) is 0 Å². The predicted octanol–water partition coefficient (Wildman–Crippen LogP) is 0.554. The summed E-state index contributed by atoms with van der Waals surface area (Å²) in [4.78, 5) is 3.81. The Hall–Kier alpha value is -1.85. The van der Waals surface area contributed by atoms with Crippen LogP contribution in [0.3, 0.4) is 0 Å². The molecule has 16 heavy (non-hydrogen) atoms. The molecule has 2 aromatic rings. The summed E-state index contributed by atoms with van der Waals surface area (Å²) in [6.45, 7) is 0. The number of ether oxygens (including phenoxy) is 1. The second-order valence-corrected chi connectivity index (χ2v) is 3.20. The average molecular weight is 215 g/mol. The molecule has 1 aromatic heterocycles. The maximum absolute atomic E-state index is 9.12. The summed E-state index contributed by atoms with van der Waals surface area (Å²) in [5, 5.41) is 18.2. The molecule has 80 valence electrons. The van der Waals surface area contributed by atoms with E-state index in [9.17, 15) is 0 Å². The van der Waals surface area contributed by atoms with E-state index in [0.29, 0.717) is 11.5 Å². The van der Waals surface area contributed by atoms with Crippen molar-refractivity contribution >= 4 is 12.6 Å². The predicted molar refractivity (Wildman–Crippen MR) is 60.6 cm³/mol. The third kappa shape index (κ3) is 2.39. The number of hydrogen-bond acceptors (Lipinski definition) is 4. The third-order valence-corrected chi connectivity index (χ3v) is 2.06. The minimum Gasteiger partial charge on any atom is -0.458 e. The molecular formula is C11H10BNO3. The van der Waals surface area contributed by atoms with Gasteiger partial charge in [0.25, 0.3) is 0 Å². The summed E-state index contributed by atoms with van der Waals surface area (Å²) in [5.41, 5.74) is 0.242. The van der Waals surface area contributed by atoms with Gasteiger partial charge in [-0.3, -0.25) is 4.98 Å². The van der Waals surface area contributed by atoms with E-state index in [2.05, 4.69) is 4.98 Å². The van der Waals surface area contributed by atoms with Gasteiger partial charge in [-0.05, 0) is 18.2 Å². The fourth-order valence-electron chi connectivity index (χ4n) is 1.30. The van der Waals surface area contributed by atoms with Crippen LogP contribution in [-0.4, -0.2) is 22.2 Å². The Balaban J connectivity index is 2.28. The molecule has 2 rings (SSSR count). The Morgan fingerprint density at radius 2 is 1.81 bits per heavy atom. The summed E-state index contributed by atoms with van der Waals surface area (Å²) in [7, 11) is -1.59. The Bertz CT molecular complexity index is 462. The van der Waals surface area contributed by atoms with Crippen molar-refractivity contribution in [1.82, 2.24) is 4.98 Å². The number of rotatable bonds is 3. The zero-order valence-electron chi connectivity index (χ0n) is 8.45. The van der Waals surface area contributed by atoms with E-state index < -0.39 is 7.12 Å². The van der Waals surface area contributed by atoms with Gasteiger partial charge in [-0.1, -0.05) is 18.2 Å². The van der Waals surface area contributed by atoms with E-state index >= 15 is 0 Å². The number of nitrogens with zero attached hydrogens (tertiary/aromatic N) is 1. The highest BCUT2D eigenvalue weighted by Gasteiger charge is 2.17. The molecule has 0 unspecified atom stereocenters. The molecule has 0 saturated heterocycles. The lowest BCUT2D eigenvalue weighted by Gasteiger charge is -2.09. The van der Waals surface area contributed by atoms with Crippen LogP contribution in [0.4, 0.5) is 0 Å². The van der Waals surface area contributed by atoms with Crippen LogP contribution in [0.1, 0.15) is 0 Å². The lowest BCUT2D eigenvalue weighted by Crippen LogP contribution is -2.31. The number of benzene rings is 1. The quantitative estimate of drug-likeness (QED) is 0.734. The first kappa shape index (κ1) is 10.7. The Morgan fingerprint density at radius 1 is 1.06 bits per heavy atom. The van der Waals surface area contributed by atoms with Crippen molar-refractivity contribution < 1.29 is 14.8 Å². The number of pyridine rings is 1. The summed E-state index contributed by atoms with van der Waals surface area (Å²) in [5.74, 6) is 1.02. The van der Waals surface area contributed by atoms with Gasteiger partial charge in [0.05, 0.1) is 0 Å². The average Bonchev–Trinajstić information content (AvgIpc) is 2.31. The monoisotopic (exact) mass is 215 g/mol. The molecule has 0 fully saturated rings. The third-order valence-electron chi connectivity index (χ3n) is 2.06. The van der Waals surface area contributed by atoms with Gasteiger partial charge in [0.15, 0.2) is 0 Å². The van der Waals surface area contributed by atoms with Gasteiger partial charge < -0.3 is 14.8 Å². The van der Waals surface area contributed by atoms with E-state index in [4.69, 9.17) is 14.8 Å². The van der Waals surface area contributed by atoms with Gasteiger partial charge in [0, 0.05) is 17.9 Å². The molecule has 0 aliphatic rings. The molecule has 0 bridgehead atoms. The molecule has 0 spiro atoms. The maximum atomic E-state index is 9.12. The first-order valence-electron chi connectivity index (χ1n) is 4.80. The number of para-hydroxylation sites is 1. The second-order valence-electron chi connectivity index (χ2n) is 3.20. The maximum Gasteiger partial charge on any atom is 0.493 e. The standard InChI is InChI=1S/C11H10BNO3/c14-12(15)10-8-13-7-6-11(10)16-9-4-2-1-3-5-9/h1-8,14-15H. The lowest BCUT2D eigenvalue weighted by atomic mass is 9.81. The van der Waals surface area contributed by atoms with Crippen molar-refractivity contribution in [2.75, 3.05) is 0 Å². The van der Waals surface area contributed by atoms with Crippen molar-refractivity contribution in [3.8, 4) is 11.5 Å². The van der Waals surface area contributed by atoms with E-state index in [1.165, 1.54) is 12.4 Å². The molecule has 2 N–H and O–H groups in total. The van der Waals surface area contributed by atoms with Crippen LogP contribution in [0.5, 0.6) is 11.5 Å². The molecule has 0 atom stereocenters. The van der Waals surface area contributed by atoms with Gasteiger partial charge >= 0.3 is 7.12 Å². The van der Waals surface area contributed by atoms with E-state index in [-0.39, 0.29) is 5.46 Å². The summed E-state index contributed by atoms with van der Waals surface area (Å²) < 4.78 is 5.51. The minimum atomic E-state index is -1.59. The van der Waals surface area contributed by atoms with E-state index in [1.807, 2.05) is 18.2 Å². The first-order chi connectivity index (χ1) is 7.77. The minimum absolute atomic E-state index is 0.242. The van der Waals surface area contributed by atoms with Crippen molar-refractivity contribution in [1.29, 1.82) is 0 Å². The zero-order valence-corrected chi connectivity index (χ0v) is 8.45. The zero-order chi connectivity index (χ0) is 11.4. The van der Waals surface area contributed by atoms with Crippen LogP contribution < -0.4 is 10.2 Å². The molecule has 0 radical (unpaired) electrons. The molecular weight excluding hydrogens is 205 g/mol. The fraction of sp³-hybridized carbons (Fsp3) is 0. The lowest BCUT2D eigenvalue weighted by molar-refractivity contribution is 0.420. The summed E-state index contributed by atoms with van der Waals surface area (Å²) >= 11 is 0. The highest BCUT2D eigenvalue weighted by atomic mass is 16.5. The van der Waals surface area contributed by atoms with Crippen LogP contribution in [-0.2, 0) is 0 Å². The first-order valence-corrected chi connectivity index (χ1v) is 4.80. The molecule has 0 saturated carbocycles. The smallest absolute Gasteiger partial charge is 0.458 e. The van der Waals surface area contributed by atoms with Crippen molar-refractivity contribution in [2.24, 2.45) is 0 Å². The van der Waals surface area contributed by atoms with Crippen molar-refractivity contribution in [2.45, 2.75) is 0 Å². The van der Waals surface area contributed by atoms with Gasteiger partial charge in [0.1, 0.15) is 11.5 Å². The van der Waals surface area contributed by atoms with Gasteiger partial charge in [-0.2, -0.15) is 0 Å². The van der Waals surface area contributed by atoms with Crippen LogP contribution in [0.15, 0.2) is 48.8 Å². The Morgan fingerprint density at radius 3 is 2.50 bits per heavy atom. The highest BCUT2D eigenvalue weighted by molar-refractivity contribution is 6.59. The molecule has 5 heteroatoms. The highest BCUT2D eigenvalue weighted by Crippen LogP contribution is 2.18.